The average Bonchev–Trinajstić information content (AvgIpc) is 3.11. The molecule has 27 heavy (non-hydrogen) atoms. The van der Waals surface area contributed by atoms with Gasteiger partial charge in [0.1, 0.15) is 11.4 Å². The summed E-state index contributed by atoms with van der Waals surface area (Å²) in [5.74, 6) is 0.861. The van der Waals surface area contributed by atoms with Gasteiger partial charge in [0.25, 0.3) is 0 Å². The zero-order valence-electron chi connectivity index (χ0n) is 15.0. The first kappa shape index (κ1) is 18.4. The molecular weight excluding hydrogens is 364 g/mol. The van der Waals surface area contributed by atoms with Crippen molar-refractivity contribution in [3.63, 3.8) is 0 Å². The number of aromatic nitrogens is 1. The molecule has 1 saturated carbocycles. The van der Waals surface area contributed by atoms with Gasteiger partial charge in [0.2, 0.25) is 0 Å². The molecule has 2 aromatic rings. The van der Waals surface area contributed by atoms with Crippen LogP contribution in [0.3, 0.4) is 0 Å². The van der Waals surface area contributed by atoms with E-state index in [-0.39, 0.29) is 11.5 Å². The van der Waals surface area contributed by atoms with E-state index < -0.39 is 5.60 Å². The van der Waals surface area contributed by atoms with E-state index in [1.54, 1.807) is 6.07 Å². The summed E-state index contributed by atoms with van der Waals surface area (Å²) < 4.78 is 0. The Morgan fingerprint density at radius 1 is 1.15 bits per heavy atom. The van der Waals surface area contributed by atoms with Crippen molar-refractivity contribution in [1.82, 2.24) is 9.88 Å². The Kier molecular flexibility index (Phi) is 4.93. The third-order valence-corrected chi connectivity index (χ3v) is 6.04. The van der Waals surface area contributed by atoms with Gasteiger partial charge in [-0.05, 0) is 54.5 Å². The highest BCUT2D eigenvalue weighted by molar-refractivity contribution is 6.30. The molecule has 6 heteroatoms. The fraction of sp³-hybridized carbons (Fsp3) is 0.429. The van der Waals surface area contributed by atoms with Gasteiger partial charge >= 0.3 is 0 Å². The number of Topliss-reactive ketones (excluding diaryl/α,β-unsaturated/α-hetero) is 1. The number of carbonyl (C=O) groups is 1. The number of pyridine rings is 1. The minimum atomic E-state index is -0.669. The maximum Gasteiger partial charge on any atom is 0.195 e. The van der Waals surface area contributed by atoms with E-state index in [0.29, 0.717) is 35.5 Å². The fourth-order valence-corrected chi connectivity index (χ4v) is 4.77. The second kappa shape index (κ2) is 7.23. The molecule has 1 aromatic heterocycles. The molecule has 2 aliphatic rings. The number of carbonyl (C=O) groups excluding carboxylic acids is 1. The van der Waals surface area contributed by atoms with Gasteiger partial charge in [-0.1, -0.05) is 23.7 Å². The summed E-state index contributed by atoms with van der Waals surface area (Å²) >= 11 is 5.94. The Morgan fingerprint density at radius 3 is 2.41 bits per heavy atom. The van der Waals surface area contributed by atoms with Crippen LogP contribution in [0.25, 0.3) is 0 Å². The van der Waals surface area contributed by atoms with Gasteiger partial charge in [-0.2, -0.15) is 0 Å². The fourth-order valence-electron chi connectivity index (χ4n) is 4.65. The maximum atomic E-state index is 12.4. The first-order valence-corrected chi connectivity index (χ1v) is 9.65. The number of ketones is 1. The number of halogens is 1. The van der Waals surface area contributed by atoms with Gasteiger partial charge in [0, 0.05) is 24.5 Å². The molecule has 2 fully saturated rings. The smallest absolute Gasteiger partial charge is 0.195 e. The molecule has 0 spiro atoms. The molecule has 3 atom stereocenters. The Hall–Kier alpha value is -1.95. The predicted molar refractivity (Wildman–Crippen MR) is 103 cm³/mol. The molecular formula is C21H23ClN2O3. The van der Waals surface area contributed by atoms with E-state index in [9.17, 15) is 15.0 Å². The Labute approximate surface area is 163 Å². The molecule has 4 rings (SSSR count). The lowest BCUT2D eigenvalue weighted by Gasteiger charge is -2.26. The summed E-state index contributed by atoms with van der Waals surface area (Å²) in [7, 11) is 0. The van der Waals surface area contributed by atoms with Crippen molar-refractivity contribution in [3.05, 3.63) is 58.9 Å². The van der Waals surface area contributed by atoms with Crippen molar-refractivity contribution in [2.75, 3.05) is 19.6 Å². The molecule has 0 unspecified atom stereocenters. The van der Waals surface area contributed by atoms with E-state index in [2.05, 4.69) is 9.88 Å². The maximum absolute atomic E-state index is 12.4. The Morgan fingerprint density at radius 2 is 1.81 bits per heavy atom. The lowest BCUT2D eigenvalue weighted by Crippen LogP contribution is -2.34. The highest BCUT2D eigenvalue weighted by Gasteiger charge is 2.48. The van der Waals surface area contributed by atoms with Crippen LogP contribution in [0.2, 0.25) is 5.02 Å². The Balaban J connectivity index is 1.33. The second-order valence-electron chi connectivity index (χ2n) is 7.97. The van der Waals surface area contributed by atoms with Crippen LogP contribution in [0.1, 0.15) is 28.9 Å². The van der Waals surface area contributed by atoms with Crippen LogP contribution in [0, 0.1) is 11.8 Å². The van der Waals surface area contributed by atoms with Crippen LogP contribution in [0.15, 0.2) is 42.6 Å². The topological polar surface area (TPSA) is 73.7 Å². The molecule has 2 heterocycles. The summed E-state index contributed by atoms with van der Waals surface area (Å²) in [6.07, 6.45) is 3.47. The van der Waals surface area contributed by atoms with Crippen molar-refractivity contribution in [2.24, 2.45) is 11.8 Å². The minimum absolute atomic E-state index is 0.0357. The predicted octanol–water partition coefficient (Wildman–Crippen LogP) is 2.94. The van der Waals surface area contributed by atoms with Crippen molar-refractivity contribution >= 4 is 17.4 Å². The number of hydrogen-bond acceptors (Lipinski definition) is 5. The van der Waals surface area contributed by atoms with Crippen molar-refractivity contribution in [3.8, 4) is 5.75 Å². The van der Waals surface area contributed by atoms with Gasteiger partial charge in [-0.15, -0.1) is 0 Å². The summed E-state index contributed by atoms with van der Waals surface area (Å²) in [4.78, 5) is 18.5. The number of hydrogen-bond donors (Lipinski definition) is 2. The quantitative estimate of drug-likeness (QED) is 0.773. The average molecular weight is 387 g/mol. The molecule has 1 saturated heterocycles. The molecule has 142 valence electrons. The van der Waals surface area contributed by atoms with E-state index in [1.807, 2.05) is 24.3 Å². The van der Waals surface area contributed by atoms with Gasteiger partial charge in [-0.3, -0.25) is 9.69 Å². The molecule has 1 aliphatic carbocycles. The summed E-state index contributed by atoms with van der Waals surface area (Å²) in [5, 5.41) is 21.0. The van der Waals surface area contributed by atoms with Crippen LogP contribution in [-0.4, -0.2) is 51.1 Å². The van der Waals surface area contributed by atoms with E-state index in [1.165, 1.54) is 12.3 Å². The number of aliphatic hydroxyl groups is 1. The Bertz CT molecular complexity index is 808. The van der Waals surface area contributed by atoms with E-state index >= 15 is 0 Å². The standard InChI is InChI=1S/C21H23ClN2O3/c22-17-3-1-14(2-4-17)7-21(27)8-15-11-24(12-16(15)9-21)13-20(26)19-6-5-18(25)10-23-19/h1-6,10,15-16,25,27H,7-9,11-13H2/t15-,16+,21+. The van der Waals surface area contributed by atoms with Crippen LogP contribution in [-0.2, 0) is 6.42 Å². The molecule has 0 radical (unpaired) electrons. The first-order valence-electron chi connectivity index (χ1n) is 9.28. The molecule has 0 bridgehead atoms. The lowest BCUT2D eigenvalue weighted by atomic mass is 9.91. The number of fused-ring (bicyclic) bond motifs is 1. The normalized spacial score (nSPS) is 27.6. The highest BCUT2D eigenvalue weighted by Crippen LogP contribution is 2.45. The number of rotatable bonds is 5. The number of nitrogens with zero attached hydrogens (tertiary/aromatic N) is 2. The summed E-state index contributed by atoms with van der Waals surface area (Å²) in [6.45, 7) is 2.00. The van der Waals surface area contributed by atoms with Crippen molar-refractivity contribution < 1.29 is 15.0 Å². The van der Waals surface area contributed by atoms with E-state index in [4.69, 9.17) is 11.6 Å². The van der Waals surface area contributed by atoms with Gasteiger partial charge < -0.3 is 10.2 Å². The largest absolute Gasteiger partial charge is 0.506 e. The zero-order valence-corrected chi connectivity index (χ0v) is 15.8. The molecule has 5 nitrogen and oxygen atoms in total. The van der Waals surface area contributed by atoms with Crippen LogP contribution in [0.4, 0.5) is 0 Å². The third-order valence-electron chi connectivity index (χ3n) is 5.78. The number of benzene rings is 1. The summed E-state index contributed by atoms with van der Waals surface area (Å²) in [6, 6.07) is 10.7. The summed E-state index contributed by atoms with van der Waals surface area (Å²) in [5.41, 5.74) is 0.814. The molecule has 1 aromatic carbocycles. The van der Waals surface area contributed by atoms with Crippen molar-refractivity contribution in [1.29, 1.82) is 0 Å². The van der Waals surface area contributed by atoms with Crippen LogP contribution in [0.5, 0.6) is 5.75 Å². The zero-order chi connectivity index (χ0) is 19.0. The second-order valence-corrected chi connectivity index (χ2v) is 8.41. The van der Waals surface area contributed by atoms with Gasteiger partial charge in [0.15, 0.2) is 5.78 Å². The van der Waals surface area contributed by atoms with Crippen LogP contribution < -0.4 is 0 Å². The highest BCUT2D eigenvalue weighted by atomic mass is 35.5. The van der Waals surface area contributed by atoms with Gasteiger partial charge in [0.05, 0.1) is 18.3 Å². The van der Waals surface area contributed by atoms with Crippen LogP contribution >= 0.6 is 11.6 Å². The van der Waals surface area contributed by atoms with E-state index in [0.717, 1.165) is 31.5 Å². The third kappa shape index (κ3) is 4.15. The molecule has 0 amide bonds. The minimum Gasteiger partial charge on any atom is -0.506 e. The number of likely N-dealkylation sites (tertiary alicyclic amines) is 1. The first-order chi connectivity index (χ1) is 12.9. The number of aromatic hydroxyl groups is 1. The lowest BCUT2D eigenvalue weighted by molar-refractivity contribution is 0.0355. The molecule has 2 N–H and O–H groups in total. The monoisotopic (exact) mass is 386 g/mol. The van der Waals surface area contributed by atoms with Crippen molar-refractivity contribution in [2.45, 2.75) is 24.9 Å². The molecule has 1 aliphatic heterocycles. The SMILES string of the molecule is O=C(CN1C[C@@H]2C[C@](O)(Cc3ccc(Cl)cc3)C[C@@H]2C1)c1ccc(O)cn1. The van der Waals surface area contributed by atoms with Gasteiger partial charge in [-0.25, -0.2) is 4.98 Å².